The fourth-order valence-corrected chi connectivity index (χ4v) is 1.24. The van der Waals surface area contributed by atoms with Crippen LogP contribution in [0.4, 0.5) is 0 Å². The van der Waals surface area contributed by atoms with Gasteiger partial charge in [-0.2, -0.15) is 0 Å². The first-order valence-electron chi connectivity index (χ1n) is 6.67. The largest absolute Gasteiger partial charge is 0.383 e. The standard InChI is InChI=1S/C13H27N3O3/c1-9(2)10(3)16-12(17)8-15-11(4)13(18)14-6-7-19-5/h9-11,15H,6-8H2,1-5H3,(H,14,18)(H,16,17). The molecule has 0 saturated heterocycles. The van der Waals surface area contributed by atoms with Crippen molar-refractivity contribution in [2.45, 2.75) is 39.8 Å². The Balaban J connectivity index is 3.85. The number of carbonyl (C=O) groups excluding carboxylic acids is 2. The van der Waals surface area contributed by atoms with E-state index in [1.165, 1.54) is 0 Å². The van der Waals surface area contributed by atoms with Gasteiger partial charge in [0.1, 0.15) is 0 Å². The molecule has 0 saturated carbocycles. The molecule has 0 spiro atoms. The van der Waals surface area contributed by atoms with Crippen molar-refractivity contribution in [2.24, 2.45) is 5.92 Å². The van der Waals surface area contributed by atoms with Gasteiger partial charge >= 0.3 is 0 Å². The van der Waals surface area contributed by atoms with Crippen LogP contribution in [0.15, 0.2) is 0 Å². The van der Waals surface area contributed by atoms with Crippen molar-refractivity contribution < 1.29 is 14.3 Å². The van der Waals surface area contributed by atoms with Crippen LogP contribution in [0.5, 0.6) is 0 Å². The Labute approximate surface area is 115 Å². The number of hydrogen-bond donors (Lipinski definition) is 3. The monoisotopic (exact) mass is 273 g/mol. The number of ether oxygens (including phenoxy) is 1. The van der Waals surface area contributed by atoms with E-state index >= 15 is 0 Å². The van der Waals surface area contributed by atoms with Gasteiger partial charge in [0.2, 0.25) is 11.8 Å². The second-order valence-corrected chi connectivity index (χ2v) is 4.99. The minimum atomic E-state index is -0.406. The number of hydrogen-bond acceptors (Lipinski definition) is 4. The Bertz CT molecular complexity index is 282. The van der Waals surface area contributed by atoms with Crippen molar-refractivity contribution in [3.05, 3.63) is 0 Å². The quantitative estimate of drug-likeness (QED) is 0.512. The fourth-order valence-electron chi connectivity index (χ4n) is 1.24. The van der Waals surface area contributed by atoms with Gasteiger partial charge in [0, 0.05) is 19.7 Å². The minimum absolute atomic E-state index is 0.0993. The van der Waals surface area contributed by atoms with Crippen LogP contribution >= 0.6 is 0 Å². The molecule has 0 rings (SSSR count). The lowest BCUT2D eigenvalue weighted by Gasteiger charge is -2.19. The van der Waals surface area contributed by atoms with Gasteiger partial charge in [0.25, 0.3) is 0 Å². The molecular weight excluding hydrogens is 246 g/mol. The number of methoxy groups -OCH3 is 1. The summed E-state index contributed by atoms with van der Waals surface area (Å²) in [7, 11) is 1.58. The molecule has 0 fully saturated rings. The average molecular weight is 273 g/mol. The highest BCUT2D eigenvalue weighted by molar-refractivity contribution is 5.83. The molecule has 0 aliphatic heterocycles. The molecule has 2 unspecified atom stereocenters. The maximum atomic E-state index is 11.6. The predicted octanol–water partition coefficient (Wildman–Crippen LogP) is -0.112. The molecule has 6 nitrogen and oxygen atoms in total. The van der Waals surface area contributed by atoms with E-state index in [-0.39, 0.29) is 24.4 Å². The van der Waals surface area contributed by atoms with Crippen LogP contribution in [0, 0.1) is 5.92 Å². The highest BCUT2D eigenvalue weighted by Gasteiger charge is 2.15. The molecule has 0 aliphatic rings. The van der Waals surface area contributed by atoms with Crippen LogP contribution in [0.1, 0.15) is 27.7 Å². The van der Waals surface area contributed by atoms with E-state index in [1.807, 2.05) is 20.8 Å². The molecule has 0 aromatic carbocycles. The van der Waals surface area contributed by atoms with Crippen molar-refractivity contribution in [1.29, 1.82) is 0 Å². The second-order valence-electron chi connectivity index (χ2n) is 4.99. The lowest BCUT2D eigenvalue weighted by atomic mass is 10.1. The van der Waals surface area contributed by atoms with Gasteiger partial charge in [-0.3, -0.25) is 14.9 Å². The fraction of sp³-hybridized carbons (Fsp3) is 0.846. The molecule has 3 N–H and O–H groups in total. The number of carbonyl (C=O) groups is 2. The van der Waals surface area contributed by atoms with Crippen LogP contribution in [0.2, 0.25) is 0 Å². The first kappa shape index (κ1) is 17.9. The van der Waals surface area contributed by atoms with Crippen molar-refractivity contribution in [3.8, 4) is 0 Å². The maximum Gasteiger partial charge on any atom is 0.236 e. The Kier molecular flexibility index (Phi) is 9.16. The Hall–Kier alpha value is -1.14. The smallest absolute Gasteiger partial charge is 0.236 e. The van der Waals surface area contributed by atoms with E-state index in [9.17, 15) is 9.59 Å². The molecule has 2 atom stereocenters. The predicted molar refractivity (Wildman–Crippen MR) is 74.8 cm³/mol. The van der Waals surface area contributed by atoms with Gasteiger partial charge in [-0.15, -0.1) is 0 Å². The summed E-state index contributed by atoms with van der Waals surface area (Å²) in [6.45, 7) is 8.86. The third kappa shape index (κ3) is 8.56. The summed E-state index contributed by atoms with van der Waals surface area (Å²) in [5.41, 5.74) is 0. The third-order valence-corrected chi connectivity index (χ3v) is 2.96. The Morgan fingerprint density at radius 1 is 1.16 bits per heavy atom. The summed E-state index contributed by atoms with van der Waals surface area (Å²) >= 11 is 0. The van der Waals surface area contributed by atoms with Gasteiger partial charge < -0.3 is 15.4 Å². The molecule has 0 bridgehead atoms. The van der Waals surface area contributed by atoms with Crippen molar-refractivity contribution in [2.75, 3.05) is 26.8 Å². The van der Waals surface area contributed by atoms with Crippen LogP contribution in [-0.4, -0.2) is 50.7 Å². The molecule has 0 heterocycles. The topological polar surface area (TPSA) is 79.5 Å². The van der Waals surface area contributed by atoms with E-state index in [2.05, 4.69) is 16.0 Å². The van der Waals surface area contributed by atoms with Crippen molar-refractivity contribution in [3.63, 3.8) is 0 Å². The minimum Gasteiger partial charge on any atom is -0.383 e. The van der Waals surface area contributed by atoms with E-state index in [0.717, 1.165) is 0 Å². The van der Waals surface area contributed by atoms with Crippen LogP contribution < -0.4 is 16.0 Å². The van der Waals surface area contributed by atoms with Gasteiger partial charge in [-0.1, -0.05) is 13.8 Å². The third-order valence-electron chi connectivity index (χ3n) is 2.96. The first-order chi connectivity index (χ1) is 8.88. The Morgan fingerprint density at radius 2 is 1.79 bits per heavy atom. The van der Waals surface area contributed by atoms with Gasteiger partial charge in [-0.25, -0.2) is 0 Å². The van der Waals surface area contributed by atoms with Gasteiger partial charge in [0.05, 0.1) is 19.2 Å². The number of rotatable bonds is 9. The zero-order valence-corrected chi connectivity index (χ0v) is 12.6. The number of amides is 2. The van der Waals surface area contributed by atoms with Crippen LogP contribution in [0.3, 0.4) is 0 Å². The molecule has 0 aromatic rings. The second kappa shape index (κ2) is 9.75. The molecule has 0 aromatic heterocycles. The Morgan fingerprint density at radius 3 is 2.32 bits per heavy atom. The SMILES string of the molecule is COCCNC(=O)C(C)NCC(=O)NC(C)C(C)C. The molecule has 0 aliphatic carbocycles. The zero-order valence-electron chi connectivity index (χ0n) is 12.6. The van der Waals surface area contributed by atoms with E-state index in [0.29, 0.717) is 19.1 Å². The number of nitrogens with one attached hydrogen (secondary N) is 3. The van der Waals surface area contributed by atoms with E-state index < -0.39 is 6.04 Å². The molecular formula is C13H27N3O3. The lowest BCUT2D eigenvalue weighted by molar-refractivity contribution is -0.123. The highest BCUT2D eigenvalue weighted by atomic mass is 16.5. The summed E-state index contributed by atoms with van der Waals surface area (Å²) in [5.74, 6) is 0.151. The maximum absolute atomic E-state index is 11.6. The zero-order chi connectivity index (χ0) is 14.8. The van der Waals surface area contributed by atoms with Crippen LogP contribution in [0.25, 0.3) is 0 Å². The normalized spacial score (nSPS) is 14.0. The van der Waals surface area contributed by atoms with Gasteiger partial charge in [-0.05, 0) is 19.8 Å². The molecule has 6 heteroatoms. The van der Waals surface area contributed by atoms with Crippen LogP contribution in [-0.2, 0) is 14.3 Å². The summed E-state index contributed by atoms with van der Waals surface area (Å²) in [6.07, 6.45) is 0. The van der Waals surface area contributed by atoms with Crippen molar-refractivity contribution >= 4 is 11.8 Å². The summed E-state index contributed by atoms with van der Waals surface area (Å²) < 4.78 is 4.84. The van der Waals surface area contributed by atoms with E-state index in [1.54, 1.807) is 14.0 Å². The first-order valence-corrected chi connectivity index (χ1v) is 6.67. The molecule has 112 valence electrons. The summed E-state index contributed by atoms with van der Waals surface area (Å²) in [4.78, 5) is 23.2. The lowest BCUT2D eigenvalue weighted by Crippen LogP contribution is -2.48. The molecule has 2 amide bonds. The average Bonchev–Trinajstić information content (AvgIpc) is 2.35. The highest BCUT2D eigenvalue weighted by Crippen LogP contribution is 1.98. The van der Waals surface area contributed by atoms with Crippen molar-refractivity contribution in [1.82, 2.24) is 16.0 Å². The van der Waals surface area contributed by atoms with Gasteiger partial charge in [0.15, 0.2) is 0 Å². The molecule has 0 radical (unpaired) electrons. The van der Waals surface area contributed by atoms with E-state index in [4.69, 9.17) is 4.74 Å². The molecule has 19 heavy (non-hydrogen) atoms. The summed E-state index contributed by atoms with van der Waals surface area (Å²) in [6, 6.07) is -0.280. The summed E-state index contributed by atoms with van der Waals surface area (Å²) in [5, 5.41) is 8.47.